The van der Waals surface area contributed by atoms with Gasteiger partial charge in [0.2, 0.25) is 0 Å². The number of aliphatic hydroxyl groups is 1. The summed E-state index contributed by atoms with van der Waals surface area (Å²) in [5.41, 5.74) is -0.0102. The molecule has 0 bridgehead atoms. The molecule has 1 saturated heterocycles. The lowest BCUT2D eigenvalue weighted by atomic mass is 9.45. The van der Waals surface area contributed by atoms with E-state index in [-0.39, 0.29) is 29.8 Å². The van der Waals surface area contributed by atoms with E-state index in [1.165, 1.54) is 0 Å². The third kappa shape index (κ3) is 3.22. The number of carbonyl (C=O) groups is 1. The number of aliphatic hydroxyl groups excluding tert-OH is 1. The molecule has 7 nitrogen and oxygen atoms in total. The van der Waals surface area contributed by atoms with Gasteiger partial charge < -0.3 is 9.84 Å². The molecule has 2 N–H and O–H groups in total. The number of fused-ring (bicyclic) bond motifs is 4. The summed E-state index contributed by atoms with van der Waals surface area (Å²) in [6, 6.07) is 0. The molecule has 2 saturated carbocycles. The molecule has 0 aromatic carbocycles. The summed E-state index contributed by atoms with van der Waals surface area (Å²) >= 11 is 0. The number of carbonyl (C=O) groups excluding carboxylic acids is 1. The molecule has 8 heteroatoms. The Kier molecular flexibility index (Phi) is 4.93. The number of allylic oxidation sites excluding steroid dienone is 1. The van der Waals surface area contributed by atoms with Gasteiger partial charge in [-0.05, 0) is 61.7 Å². The first-order chi connectivity index (χ1) is 13.0. The van der Waals surface area contributed by atoms with Crippen LogP contribution in [-0.2, 0) is 24.1 Å². The van der Waals surface area contributed by atoms with Crippen LogP contribution in [0.25, 0.3) is 0 Å². The van der Waals surface area contributed by atoms with Gasteiger partial charge in [0.05, 0.1) is 19.3 Å². The summed E-state index contributed by atoms with van der Waals surface area (Å²) < 4.78 is 41.4. The Morgan fingerprint density at radius 1 is 1.29 bits per heavy atom. The van der Waals surface area contributed by atoms with Crippen molar-refractivity contribution in [2.75, 3.05) is 13.2 Å². The number of rotatable bonds is 3. The Bertz CT molecular complexity index is 790. The van der Waals surface area contributed by atoms with E-state index in [9.17, 15) is 18.3 Å². The standard InChI is InChI=1S/C20H30O7S/c1-19-8-7-17(21)20(2,11-27-28(23,24)25)16(19)6-3-12-9-13-10-26-18(22)14(13)4-5-15(12)19/h4,12-13,15-17,21H,3,5-11H2,1-2H3,(H,23,24,25)/t12?,13-,15?,16+,17-,19+,20+/m1/s1. The van der Waals surface area contributed by atoms with Crippen molar-refractivity contribution in [3.05, 3.63) is 11.6 Å². The summed E-state index contributed by atoms with van der Waals surface area (Å²) in [6.07, 6.45) is 6.43. The zero-order chi connectivity index (χ0) is 20.3. The average Bonchev–Trinajstić information content (AvgIpc) is 2.84. The first-order valence-electron chi connectivity index (χ1n) is 10.2. The molecule has 4 rings (SSSR count). The molecule has 1 heterocycles. The minimum absolute atomic E-state index is 0.0787. The minimum atomic E-state index is -4.56. The van der Waals surface area contributed by atoms with Gasteiger partial charge in [-0.2, -0.15) is 8.42 Å². The van der Waals surface area contributed by atoms with Gasteiger partial charge in [-0.25, -0.2) is 8.98 Å². The lowest BCUT2D eigenvalue weighted by Crippen LogP contribution is -2.59. The number of esters is 1. The van der Waals surface area contributed by atoms with Gasteiger partial charge in [0.1, 0.15) is 0 Å². The first-order valence-corrected chi connectivity index (χ1v) is 11.6. The van der Waals surface area contributed by atoms with Crippen molar-refractivity contribution in [1.82, 2.24) is 0 Å². The predicted molar refractivity (Wildman–Crippen MR) is 100 cm³/mol. The summed E-state index contributed by atoms with van der Waals surface area (Å²) in [7, 11) is -4.56. The molecule has 2 unspecified atom stereocenters. The van der Waals surface area contributed by atoms with Crippen LogP contribution in [0.2, 0.25) is 0 Å². The number of ether oxygens (including phenoxy) is 1. The van der Waals surface area contributed by atoms with Crippen LogP contribution in [0, 0.1) is 34.5 Å². The average molecular weight is 415 g/mol. The molecule has 7 atom stereocenters. The van der Waals surface area contributed by atoms with Gasteiger partial charge in [-0.3, -0.25) is 4.55 Å². The summed E-state index contributed by atoms with van der Waals surface area (Å²) in [5.74, 6) is 0.933. The fourth-order valence-corrected chi connectivity index (χ4v) is 7.29. The maximum absolute atomic E-state index is 12.0. The van der Waals surface area contributed by atoms with Crippen molar-refractivity contribution in [2.24, 2.45) is 34.5 Å². The van der Waals surface area contributed by atoms with E-state index in [4.69, 9.17) is 13.5 Å². The van der Waals surface area contributed by atoms with Crippen LogP contribution >= 0.6 is 0 Å². The second-order valence-electron chi connectivity index (χ2n) is 9.68. The third-order valence-electron chi connectivity index (χ3n) is 8.34. The largest absolute Gasteiger partial charge is 0.462 e. The van der Waals surface area contributed by atoms with Crippen molar-refractivity contribution < 1.29 is 31.8 Å². The van der Waals surface area contributed by atoms with E-state index >= 15 is 0 Å². The van der Waals surface area contributed by atoms with Crippen LogP contribution in [0.4, 0.5) is 0 Å². The maximum Gasteiger partial charge on any atom is 0.397 e. The molecular weight excluding hydrogens is 384 g/mol. The molecule has 3 fully saturated rings. The Morgan fingerprint density at radius 3 is 2.75 bits per heavy atom. The van der Waals surface area contributed by atoms with Crippen LogP contribution in [0.5, 0.6) is 0 Å². The highest BCUT2D eigenvalue weighted by atomic mass is 32.3. The second kappa shape index (κ2) is 6.79. The predicted octanol–water partition coefficient (Wildman–Crippen LogP) is 2.51. The molecule has 0 radical (unpaired) electrons. The number of cyclic esters (lactones) is 1. The lowest BCUT2D eigenvalue weighted by Gasteiger charge is -2.61. The van der Waals surface area contributed by atoms with Crippen LogP contribution in [0.3, 0.4) is 0 Å². The molecule has 3 aliphatic carbocycles. The van der Waals surface area contributed by atoms with Gasteiger partial charge in [0.25, 0.3) is 0 Å². The Balaban J connectivity index is 1.64. The molecule has 0 amide bonds. The lowest BCUT2D eigenvalue weighted by molar-refractivity contribution is -0.170. The first kappa shape index (κ1) is 20.3. The van der Waals surface area contributed by atoms with Gasteiger partial charge in [0.15, 0.2) is 0 Å². The Hall–Kier alpha value is -0.960. The van der Waals surface area contributed by atoms with Gasteiger partial charge in [-0.1, -0.05) is 19.9 Å². The maximum atomic E-state index is 12.0. The molecule has 1 aliphatic heterocycles. The summed E-state index contributed by atoms with van der Waals surface area (Å²) in [4.78, 5) is 12.0. The minimum Gasteiger partial charge on any atom is -0.462 e. The fraction of sp³-hybridized carbons (Fsp3) is 0.850. The van der Waals surface area contributed by atoms with Crippen LogP contribution in [0.1, 0.15) is 52.4 Å². The van der Waals surface area contributed by atoms with E-state index in [1.807, 2.05) is 6.92 Å². The van der Waals surface area contributed by atoms with Crippen LogP contribution in [-0.4, -0.2) is 43.4 Å². The third-order valence-corrected chi connectivity index (χ3v) is 8.76. The van der Waals surface area contributed by atoms with Crippen molar-refractivity contribution >= 4 is 16.4 Å². The molecule has 0 aromatic heterocycles. The molecule has 0 aromatic rings. The van der Waals surface area contributed by atoms with Crippen LogP contribution in [0.15, 0.2) is 11.6 Å². The fourth-order valence-electron chi connectivity index (χ4n) is 6.88. The van der Waals surface area contributed by atoms with Crippen molar-refractivity contribution in [2.45, 2.75) is 58.5 Å². The smallest absolute Gasteiger partial charge is 0.397 e. The Morgan fingerprint density at radius 2 is 2.04 bits per heavy atom. The van der Waals surface area contributed by atoms with E-state index < -0.39 is 21.9 Å². The second-order valence-corrected chi connectivity index (χ2v) is 10.8. The van der Waals surface area contributed by atoms with Crippen molar-refractivity contribution in [1.29, 1.82) is 0 Å². The van der Waals surface area contributed by atoms with Gasteiger partial charge >= 0.3 is 16.4 Å². The van der Waals surface area contributed by atoms with Crippen molar-refractivity contribution in [3.63, 3.8) is 0 Å². The summed E-state index contributed by atoms with van der Waals surface area (Å²) in [5, 5.41) is 10.8. The molecule has 158 valence electrons. The molecule has 28 heavy (non-hydrogen) atoms. The number of hydrogen-bond donors (Lipinski definition) is 2. The van der Waals surface area contributed by atoms with Gasteiger partial charge in [-0.15, -0.1) is 0 Å². The van der Waals surface area contributed by atoms with Crippen molar-refractivity contribution in [3.8, 4) is 0 Å². The van der Waals surface area contributed by atoms with E-state index in [2.05, 4.69) is 13.0 Å². The quantitative estimate of drug-likeness (QED) is 0.539. The van der Waals surface area contributed by atoms with Gasteiger partial charge in [0, 0.05) is 16.9 Å². The molecular formula is C20H30O7S. The van der Waals surface area contributed by atoms with E-state index in [0.29, 0.717) is 24.9 Å². The molecule has 0 spiro atoms. The SMILES string of the molecule is C[C@@]1(COS(=O)(=O)O)[C@H](O)CC[C@@]2(C)C3CC=C4C(=O)OC[C@H]4CC3CC[C@H]12. The highest BCUT2D eigenvalue weighted by Gasteiger charge is 2.59. The summed E-state index contributed by atoms with van der Waals surface area (Å²) in [6.45, 7) is 4.39. The zero-order valence-electron chi connectivity index (χ0n) is 16.5. The Labute approximate surface area is 166 Å². The van der Waals surface area contributed by atoms with E-state index in [1.54, 1.807) is 0 Å². The van der Waals surface area contributed by atoms with Crippen LogP contribution < -0.4 is 0 Å². The normalized spacial score (nSPS) is 45.9. The molecule has 4 aliphatic rings. The number of hydrogen-bond acceptors (Lipinski definition) is 6. The monoisotopic (exact) mass is 414 g/mol. The highest BCUT2D eigenvalue weighted by molar-refractivity contribution is 7.80. The highest BCUT2D eigenvalue weighted by Crippen LogP contribution is 2.63. The topological polar surface area (TPSA) is 110 Å². The zero-order valence-corrected chi connectivity index (χ0v) is 17.3. The van der Waals surface area contributed by atoms with E-state index in [0.717, 1.165) is 37.7 Å².